The van der Waals surface area contributed by atoms with Crippen LogP contribution in [-0.2, 0) is 18.3 Å². The molecule has 2 atom stereocenters. The number of aliphatic hydroxyl groups is 1. The number of nitrogens with zero attached hydrogens (tertiary/aromatic N) is 1. The predicted molar refractivity (Wildman–Crippen MR) is 131 cm³/mol. The fourth-order valence-corrected chi connectivity index (χ4v) is 3.31. The third-order valence-corrected chi connectivity index (χ3v) is 5.43. The summed E-state index contributed by atoms with van der Waals surface area (Å²) in [6, 6.07) is 0. The van der Waals surface area contributed by atoms with Gasteiger partial charge in [0.2, 0.25) is 0 Å². The number of rotatable bonds is 21. The highest BCUT2D eigenvalue weighted by Gasteiger charge is 2.24. The van der Waals surface area contributed by atoms with Crippen molar-refractivity contribution in [3.63, 3.8) is 0 Å². The predicted octanol–water partition coefficient (Wildman–Crippen LogP) is 5.01. The molecule has 0 amide bonds. The van der Waals surface area contributed by atoms with Crippen molar-refractivity contribution < 1.29 is 32.8 Å². The Labute approximate surface area is 196 Å². The normalized spacial score (nSPS) is 15.8. The van der Waals surface area contributed by atoms with Gasteiger partial charge in [0.1, 0.15) is 19.3 Å². The average Bonchev–Trinajstić information content (AvgIpc) is 2.71. The molecular formula is C24H47NO6P+. The maximum Gasteiger partial charge on any atom is 0.472 e. The molecule has 0 aliphatic heterocycles. The van der Waals surface area contributed by atoms with Crippen molar-refractivity contribution in [1.82, 2.24) is 0 Å². The van der Waals surface area contributed by atoms with Gasteiger partial charge in [0.05, 0.1) is 34.4 Å². The molecule has 0 rings (SSSR count). The first-order valence-electron chi connectivity index (χ1n) is 11.8. The highest BCUT2D eigenvalue weighted by molar-refractivity contribution is 7.47. The summed E-state index contributed by atoms with van der Waals surface area (Å²) in [5.74, 6) is 0. The summed E-state index contributed by atoms with van der Waals surface area (Å²) in [6.07, 6.45) is 20.8. The van der Waals surface area contributed by atoms with E-state index >= 15 is 0 Å². The summed E-state index contributed by atoms with van der Waals surface area (Å²) in [5, 5.41) is 9.83. The number of hydrogen-bond acceptors (Lipinski definition) is 5. The van der Waals surface area contributed by atoms with Crippen molar-refractivity contribution in [2.45, 2.75) is 64.4 Å². The Bertz CT molecular complexity index is 571. The number of phosphoric acid groups is 1. The molecule has 2 unspecified atom stereocenters. The number of phosphoric ester groups is 1. The van der Waals surface area contributed by atoms with Crippen LogP contribution in [0.2, 0.25) is 0 Å². The van der Waals surface area contributed by atoms with Crippen molar-refractivity contribution >= 4 is 7.82 Å². The van der Waals surface area contributed by atoms with E-state index in [0.717, 1.165) is 51.4 Å². The van der Waals surface area contributed by atoms with Crippen molar-refractivity contribution in [3.05, 3.63) is 36.5 Å². The van der Waals surface area contributed by atoms with Crippen LogP contribution >= 0.6 is 7.82 Å². The molecule has 2 N–H and O–H groups in total. The van der Waals surface area contributed by atoms with E-state index < -0.39 is 13.9 Å². The zero-order chi connectivity index (χ0) is 24.1. The summed E-state index contributed by atoms with van der Waals surface area (Å²) in [5.41, 5.74) is 0. The van der Waals surface area contributed by atoms with E-state index in [1.54, 1.807) is 0 Å². The number of ether oxygens (including phenoxy) is 1. The van der Waals surface area contributed by atoms with E-state index in [2.05, 4.69) is 43.4 Å². The smallest absolute Gasteiger partial charge is 0.388 e. The number of unbranched alkanes of at least 4 members (excludes halogenated alkanes) is 4. The van der Waals surface area contributed by atoms with Crippen LogP contribution in [0.4, 0.5) is 0 Å². The van der Waals surface area contributed by atoms with Crippen molar-refractivity contribution in [3.8, 4) is 0 Å². The summed E-state index contributed by atoms with van der Waals surface area (Å²) in [7, 11) is 1.73. The second-order valence-corrected chi connectivity index (χ2v) is 10.3. The molecule has 0 aromatic carbocycles. The molecule has 0 bridgehead atoms. The summed E-state index contributed by atoms with van der Waals surface area (Å²) >= 11 is 0. The zero-order valence-corrected chi connectivity index (χ0v) is 21.6. The lowest BCUT2D eigenvalue weighted by Gasteiger charge is -2.24. The number of hydrogen-bond donors (Lipinski definition) is 2. The van der Waals surface area contributed by atoms with Gasteiger partial charge in [-0.1, -0.05) is 56.2 Å². The topological polar surface area (TPSA) is 85.2 Å². The molecule has 0 aromatic rings. The van der Waals surface area contributed by atoms with E-state index in [1.165, 1.54) is 0 Å². The molecule has 188 valence electrons. The van der Waals surface area contributed by atoms with Gasteiger partial charge in [-0.25, -0.2) is 4.57 Å². The summed E-state index contributed by atoms with van der Waals surface area (Å²) in [6.45, 7) is 3.15. The van der Waals surface area contributed by atoms with E-state index in [9.17, 15) is 14.6 Å². The molecule has 0 saturated heterocycles. The fraction of sp³-hybridized carbons (Fsp3) is 0.750. The Hall–Kier alpha value is -0.790. The Balaban J connectivity index is 3.55. The summed E-state index contributed by atoms with van der Waals surface area (Å²) in [4.78, 5) is 9.61. The Morgan fingerprint density at radius 3 is 2.12 bits per heavy atom. The van der Waals surface area contributed by atoms with Crippen LogP contribution in [0, 0.1) is 0 Å². The molecule has 0 fully saturated rings. The van der Waals surface area contributed by atoms with Crippen LogP contribution in [0.1, 0.15) is 58.3 Å². The Kier molecular flexibility index (Phi) is 19.2. The van der Waals surface area contributed by atoms with Crippen molar-refractivity contribution in [2.75, 3.05) is 54.1 Å². The van der Waals surface area contributed by atoms with Gasteiger partial charge in [0.15, 0.2) is 0 Å². The Morgan fingerprint density at radius 1 is 0.844 bits per heavy atom. The second-order valence-electron chi connectivity index (χ2n) is 8.84. The third kappa shape index (κ3) is 23.9. The number of aliphatic hydroxyl groups excluding tert-OH is 1. The van der Waals surface area contributed by atoms with Gasteiger partial charge in [-0.15, -0.1) is 0 Å². The number of quaternary nitrogens is 1. The molecule has 0 heterocycles. The van der Waals surface area contributed by atoms with Crippen LogP contribution in [0.5, 0.6) is 0 Å². The van der Waals surface area contributed by atoms with Crippen LogP contribution < -0.4 is 0 Å². The van der Waals surface area contributed by atoms with Gasteiger partial charge >= 0.3 is 7.82 Å². The molecule has 32 heavy (non-hydrogen) atoms. The first-order valence-corrected chi connectivity index (χ1v) is 13.3. The SMILES string of the molecule is CC/C=C\C/C=C\C/C=C\CCCCCCOCC(O)COP(=O)(O)OCC[N+](C)(C)C. The monoisotopic (exact) mass is 476 g/mol. The highest BCUT2D eigenvalue weighted by Crippen LogP contribution is 2.43. The number of likely N-dealkylation sites (N-methyl/N-ethyl adjacent to an activating group) is 1. The first-order chi connectivity index (χ1) is 15.2. The number of allylic oxidation sites excluding steroid dienone is 6. The molecule has 8 heteroatoms. The lowest BCUT2D eigenvalue weighted by Crippen LogP contribution is -2.37. The molecule has 0 aliphatic rings. The maximum absolute atomic E-state index is 11.8. The van der Waals surface area contributed by atoms with Gasteiger partial charge in [0, 0.05) is 6.61 Å². The Morgan fingerprint density at radius 2 is 1.47 bits per heavy atom. The van der Waals surface area contributed by atoms with Crippen LogP contribution in [0.15, 0.2) is 36.5 Å². The molecule has 0 aromatic heterocycles. The third-order valence-electron chi connectivity index (χ3n) is 4.45. The maximum atomic E-state index is 11.8. The van der Waals surface area contributed by atoms with Crippen LogP contribution in [-0.4, -0.2) is 74.7 Å². The molecule has 0 aliphatic carbocycles. The lowest BCUT2D eigenvalue weighted by molar-refractivity contribution is -0.870. The quantitative estimate of drug-likeness (QED) is 0.105. The lowest BCUT2D eigenvalue weighted by atomic mass is 10.1. The van der Waals surface area contributed by atoms with Crippen molar-refractivity contribution in [1.29, 1.82) is 0 Å². The van der Waals surface area contributed by atoms with Crippen LogP contribution in [0.25, 0.3) is 0 Å². The standard InChI is InChI=1S/C24H46NO6P/c1-5-6-7-8-9-10-11-12-13-14-15-16-17-18-20-29-22-24(26)23-31-32(27,28)30-21-19-25(2,3)4/h6-7,9-10,12-13,24,26H,5,8,11,14-23H2,1-4H3/p+1/b7-6-,10-9-,13-12-. The minimum atomic E-state index is -4.15. The van der Waals surface area contributed by atoms with Gasteiger partial charge < -0.3 is 19.2 Å². The molecule has 0 saturated carbocycles. The highest BCUT2D eigenvalue weighted by atomic mass is 31.2. The van der Waals surface area contributed by atoms with Crippen molar-refractivity contribution in [2.24, 2.45) is 0 Å². The fourth-order valence-electron chi connectivity index (χ4n) is 2.56. The molecule has 0 radical (unpaired) electrons. The zero-order valence-electron chi connectivity index (χ0n) is 20.7. The van der Waals surface area contributed by atoms with Gasteiger partial charge in [0.25, 0.3) is 0 Å². The van der Waals surface area contributed by atoms with E-state index in [-0.39, 0.29) is 19.8 Å². The largest absolute Gasteiger partial charge is 0.472 e. The van der Waals surface area contributed by atoms with Gasteiger partial charge in [-0.05, 0) is 38.5 Å². The second kappa shape index (κ2) is 19.7. The van der Waals surface area contributed by atoms with Gasteiger partial charge in [-0.3, -0.25) is 9.05 Å². The van der Waals surface area contributed by atoms with E-state index in [0.29, 0.717) is 17.6 Å². The van der Waals surface area contributed by atoms with Crippen LogP contribution in [0.3, 0.4) is 0 Å². The minimum absolute atomic E-state index is 0.0728. The first kappa shape index (κ1) is 31.2. The minimum Gasteiger partial charge on any atom is -0.388 e. The average molecular weight is 477 g/mol. The summed E-state index contributed by atoms with van der Waals surface area (Å²) < 4.78 is 27.5. The van der Waals surface area contributed by atoms with E-state index in [1.807, 2.05) is 21.1 Å². The molecule has 0 spiro atoms. The van der Waals surface area contributed by atoms with E-state index in [4.69, 9.17) is 13.8 Å². The van der Waals surface area contributed by atoms with Gasteiger partial charge in [-0.2, -0.15) is 0 Å². The molecular weight excluding hydrogens is 429 g/mol. The molecule has 7 nitrogen and oxygen atoms in total.